The van der Waals surface area contributed by atoms with Gasteiger partial charge in [0.2, 0.25) is 0 Å². The zero-order valence-electron chi connectivity index (χ0n) is 20.2. The van der Waals surface area contributed by atoms with Gasteiger partial charge in [0.1, 0.15) is 23.5 Å². The summed E-state index contributed by atoms with van der Waals surface area (Å²) >= 11 is 0. The van der Waals surface area contributed by atoms with Crippen LogP contribution in [0.2, 0.25) is 0 Å². The number of rotatable bonds is 8. The van der Waals surface area contributed by atoms with Gasteiger partial charge in [0, 0.05) is 16.5 Å². The van der Waals surface area contributed by atoms with Crippen LogP contribution in [0.15, 0.2) is 79.1 Å². The Bertz CT molecular complexity index is 1390. The number of nitrogens with zero attached hydrogens (tertiary/aromatic N) is 2. The second-order valence-corrected chi connectivity index (χ2v) is 9.77. The maximum Gasteiger partial charge on any atom is 0.144 e. The Morgan fingerprint density at radius 2 is 1.83 bits per heavy atom. The highest BCUT2D eigenvalue weighted by molar-refractivity contribution is 5.81. The lowest BCUT2D eigenvalue weighted by Gasteiger charge is -2.29. The van der Waals surface area contributed by atoms with Crippen molar-refractivity contribution in [3.8, 4) is 11.4 Å². The van der Waals surface area contributed by atoms with E-state index >= 15 is 0 Å². The fourth-order valence-corrected chi connectivity index (χ4v) is 4.28. The van der Waals surface area contributed by atoms with Crippen molar-refractivity contribution >= 4 is 10.9 Å². The van der Waals surface area contributed by atoms with Crippen LogP contribution in [0.3, 0.4) is 0 Å². The monoisotopic (exact) mass is 473 g/mol. The molecular formula is C29H29F2N3O. The second-order valence-electron chi connectivity index (χ2n) is 9.77. The van der Waals surface area contributed by atoms with Crippen LogP contribution in [0.5, 0.6) is 5.75 Å². The number of hydrogen-bond acceptors (Lipinski definition) is 3. The summed E-state index contributed by atoms with van der Waals surface area (Å²) in [7, 11) is 0. The summed E-state index contributed by atoms with van der Waals surface area (Å²) in [5, 5.41) is 8.87. The minimum atomic E-state index is -0.436. The zero-order chi connectivity index (χ0) is 24.7. The molecular weight excluding hydrogens is 444 g/mol. The first-order valence-corrected chi connectivity index (χ1v) is 11.9. The number of benzene rings is 3. The van der Waals surface area contributed by atoms with E-state index in [-0.39, 0.29) is 23.1 Å². The molecule has 1 saturated carbocycles. The van der Waals surface area contributed by atoms with Crippen molar-refractivity contribution in [3.05, 3.63) is 102 Å². The third-order valence-electron chi connectivity index (χ3n) is 6.98. The molecule has 0 saturated heterocycles. The molecule has 0 bridgehead atoms. The molecule has 1 N–H and O–H groups in total. The van der Waals surface area contributed by atoms with Gasteiger partial charge < -0.3 is 10.1 Å². The molecule has 1 fully saturated rings. The van der Waals surface area contributed by atoms with Gasteiger partial charge in [0.15, 0.2) is 0 Å². The van der Waals surface area contributed by atoms with Crippen LogP contribution < -0.4 is 10.1 Å². The lowest BCUT2D eigenvalue weighted by atomic mass is 9.99. The first-order chi connectivity index (χ1) is 16.7. The topological polar surface area (TPSA) is 39.1 Å². The number of halogens is 2. The van der Waals surface area contributed by atoms with Gasteiger partial charge in [-0.2, -0.15) is 5.10 Å². The Morgan fingerprint density at radius 3 is 2.51 bits per heavy atom. The number of aryl methyl sites for hydroxylation is 1. The molecule has 5 rings (SSSR count). The third kappa shape index (κ3) is 4.65. The van der Waals surface area contributed by atoms with Crippen LogP contribution in [-0.2, 0) is 0 Å². The van der Waals surface area contributed by atoms with E-state index < -0.39 is 6.10 Å². The van der Waals surface area contributed by atoms with E-state index in [2.05, 4.69) is 23.9 Å². The number of hydrogen-bond donors (Lipinski definition) is 1. The molecule has 1 aliphatic carbocycles. The number of allylic oxidation sites excluding steroid dienone is 1. The number of nitrogens with one attached hydrogen (secondary N) is 1. The Morgan fingerprint density at radius 1 is 1.09 bits per heavy atom. The van der Waals surface area contributed by atoms with E-state index in [0.29, 0.717) is 11.3 Å². The Kier molecular flexibility index (Phi) is 5.83. The molecule has 2 atom stereocenters. The first-order valence-electron chi connectivity index (χ1n) is 11.9. The Hall–Kier alpha value is -3.67. The molecule has 0 amide bonds. The van der Waals surface area contributed by atoms with E-state index in [1.54, 1.807) is 42.1 Å². The molecule has 35 heavy (non-hydrogen) atoms. The van der Waals surface area contributed by atoms with Crippen LogP contribution in [0.4, 0.5) is 8.78 Å². The number of aromatic nitrogens is 2. The summed E-state index contributed by atoms with van der Waals surface area (Å²) in [4.78, 5) is 0. The third-order valence-corrected chi connectivity index (χ3v) is 6.98. The SMILES string of the molecule is C=C(N[C@@H](C)[C@H](Oc1ccc2c(cnn2-c2ccc(F)cc2)c1)c1ccc(C)c(F)c1)C1(C)CC1. The normalized spacial score (nSPS) is 16.0. The predicted molar refractivity (Wildman–Crippen MR) is 135 cm³/mol. The minimum absolute atomic E-state index is 0.116. The van der Waals surface area contributed by atoms with Crippen molar-refractivity contribution in [1.82, 2.24) is 15.1 Å². The molecule has 4 aromatic rings. The number of ether oxygens (including phenoxy) is 1. The maximum atomic E-state index is 14.5. The van der Waals surface area contributed by atoms with E-state index in [4.69, 9.17) is 4.74 Å². The van der Waals surface area contributed by atoms with Gasteiger partial charge in [0.05, 0.1) is 23.4 Å². The van der Waals surface area contributed by atoms with Crippen LogP contribution >= 0.6 is 0 Å². The molecule has 0 radical (unpaired) electrons. The molecule has 1 aromatic heterocycles. The van der Waals surface area contributed by atoms with Gasteiger partial charge in [-0.05, 0) is 86.3 Å². The van der Waals surface area contributed by atoms with Crippen LogP contribution in [-0.4, -0.2) is 15.8 Å². The molecule has 3 aromatic carbocycles. The quantitative estimate of drug-likeness (QED) is 0.299. The van der Waals surface area contributed by atoms with Crippen molar-refractivity contribution < 1.29 is 13.5 Å². The average molecular weight is 474 g/mol. The van der Waals surface area contributed by atoms with E-state index in [9.17, 15) is 8.78 Å². The zero-order valence-corrected chi connectivity index (χ0v) is 20.2. The van der Waals surface area contributed by atoms with Crippen molar-refractivity contribution in [2.24, 2.45) is 5.41 Å². The molecule has 0 unspecified atom stereocenters. The fraction of sp³-hybridized carbons (Fsp3) is 0.276. The van der Waals surface area contributed by atoms with Crippen molar-refractivity contribution in [2.45, 2.75) is 45.8 Å². The smallest absolute Gasteiger partial charge is 0.144 e. The summed E-state index contributed by atoms with van der Waals surface area (Å²) in [6.07, 6.45) is 3.55. The minimum Gasteiger partial charge on any atom is -0.484 e. The average Bonchev–Trinajstić information content (AvgIpc) is 3.46. The van der Waals surface area contributed by atoms with E-state index in [1.807, 2.05) is 31.2 Å². The van der Waals surface area contributed by atoms with Crippen LogP contribution in [0.1, 0.15) is 43.9 Å². The second kappa shape index (κ2) is 8.84. The molecule has 0 aliphatic heterocycles. The summed E-state index contributed by atoms with van der Waals surface area (Å²) in [5.74, 6) is 0.104. The van der Waals surface area contributed by atoms with Gasteiger partial charge in [0.25, 0.3) is 0 Å². The highest BCUT2D eigenvalue weighted by atomic mass is 19.1. The maximum absolute atomic E-state index is 14.5. The van der Waals surface area contributed by atoms with Gasteiger partial charge >= 0.3 is 0 Å². The van der Waals surface area contributed by atoms with Gasteiger partial charge in [-0.25, -0.2) is 13.5 Å². The van der Waals surface area contributed by atoms with Gasteiger partial charge in [-0.3, -0.25) is 0 Å². The van der Waals surface area contributed by atoms with Gasteiger partial charge in [-0.15, -0.1) is 0 Å². The molecule has 1 heterocycles. The molecule has 4 nitrogen and oxygen atoms in total. The largest absolute Gasteiger partial charge is 0.484 e. The summed E-state index contributed by atoms with van der Waals surface area (Å²) in [5.41, 5.74) is 4.10. The van der Waals surface area contributed by atoms with E-state index in [1.165, 1.54) is 12.1 Å². The van der Waals surface area contributed by atoms with Crippen molar-refractivity contribution in [2.75, 3.05) is 0 Å². The lowest BCUT2D eigenvalue weighted by molar-refractivity contribution is 0.165. The lowest BCUT2D eigenvalue weighted by Crippen LogP contribution is -2.36. The van der Waals surface area contributed by atoms with Gasteiger partial charge in [-0.1, -0.05) is 25.6 Å². The van der Waals surface area contributed by atoms with Crippen molar-refractivity contribution in [1.29, 1.82) is 0 Å². The highest BCUT2D eigenvalue weighted by Gasteiger charge is 2.41. The molecule has 180 valence electrons. The molecule has 0 spiro atoms. The molecule has 1 aliphatic rings. The highest BCUT2D eigenvalue weighted by Crippen LogP contribution is 2.50. The van der Waals surface area contributed by atoms with Crippen LogP contribution in [0, 0.1) is 24.0 Å². The summed E-state index contributed by atoms with van der Waals surface area (Å²) in [6, 6.07) is 17.0. The summed E-state index contributed by atoms with van der Waals surface area (Å²) in [6.45, 7) is 10.2. The fourth-order valence-electron chi connectivity index (χ4n) is 4.28. The predicted octanol–water partition coefficient (Wildman–Crippen LogP) is 7.02. The molecule has 6 heteroatoms. The van der Waals surface area contributed by atoms with Crippen LogP contribution in [0.25, 0.3) is 16.6 Å². The van der Waals surface area contributed by atoms with Crippen molar-refractivity contribution in [3.63, 3.8) is 0 Å². The number of fused-ring (bicyclic) bond motifs is 1. The first kappa shape index (κ1) is 23.1. The Labute approximate surface area is 204 Å². The standard InChI is InChI=1S/C29H29F2N3O/c1-18-5-6-21(16-26(18)31)28(19(2)33-20(3)29(4)13-14-29)35-25-11-12-27-22(15-25)17-32-34(27)24-9-7-23(30)8-10-24/h5-12,15-17,19,28,33H,3,13-14H2,1-2,4H3/t19-,28-/m0/s1. The Balaban J connectivity index is 1.44. The van der Waals surface area contributed by atoms with E-state index in [0.717, 1.165) is 40.7 Å². The summed E-state index contributed by atoms with van der Waals surface area (Å²) < 4.78 is 36.0.